The van der Waals surface area contributed by atoms with Crippen LogP contribution in [0.4, 0.5) is 0 Å². The molecule has 1 aromatic carbocycles. The van der Waals surface area contributed by atoms with Gasteiger partial charge in [0.1, 0.15) is 4.99 Å². The van der Waals surface area contributed by atoms with Gasteiger partial charge in [0.15, 0.2) is 0 Å². The van der Waals surface area contributed by atoms with Crippen LogP contribution in [0.15, 0.2) is 35.7 Å². The number of aromatic carboxylic acids is 1. The van der Waals surface area contributed by atoms with Crippen LogP contribution < -0.4 is 5.73 Å². The summed E-state index contributed by atoms with van der Waals surface area (Å²) in [7, 11) is 0. The van der Waals surface area contributed by atoms with Crippen LogP contribution in [0.5, 0.6) is 0 Å². The second-order valence-corrected chi connectivity index (χ2v) is 4.83. The zero-order valence-corrected chi connectivity index (χ0v) is 10.3. The molecule has 17 heavy (non-hydrogen) atoms. The van der Waals surface area contributed by atoms with E-state index >= 15 is 0 Å². The first-order valence-electron chi connectivity index (χ1n) is 4.80. The van der Waals surface area contributed by atoms with Crippen molar-refractivity contribution in [3.63, 3.8) is 0 Å². The molecule has 0 aliphatic rings. The summed E-state index contributed by atoms with van der Waals surface area (Å²) >= 11 is 6.43. The molecule has 0 radical (unpaired) electrons. The average molecular weight is 263 g/mol. The van der Waals surface area contributed by atoms with Gasteiger partial charge in [-0.3, -0.25) is 0 Å². The van der Waals surface area contributed by atoms with Crippen LogP contribution >= 0.6 is 23.6 Å². The van der Waals surface area contributed by atoms with Crippen LogP contribution in [0, 0.1) is 0 Å². The maximum Gasteiger partial charge on any atom is 0.335 e. The summed E-state index contributed by atoms with van der Waals surface area (Å²) in [6, 6.07) is 8.75. The summed E-state index contributed by atoms with van der Waals surface area (Å²) in [5, 5.41) is 11.0. The van der Waals surface area contributed by atoms with Crippen LogP contribution in [-0.2, 0) is 0 Å². The van der Waals surface area contributed by atoms with Crippen molar-refractivity contribution < 1.29 is 9.90 Å². The number of rotatable bonds is 3. The first-order chi connectivity index (χ1) is 8.08. The van der Waals surface area contributed by atoms with Gasteiger partial charge in [0.2, 0.25) is 0 Å². The van der Waals surface area contributed by atoms with Gasteiger partial charge in [0, 0.05) is 10.4 Å². The predicted molar refractivity (Wildman–Crippen MR) is 72.6 cm³/mol. The Labute approximate surface area is 108 Å². The smallest absolute Gasteiger partial charge is 0.335 e. The first kappa shape index (κ1) is 11.8. The van der Waals surface area contributed by atoms with E-state index in [-0.39, 0.29) is 10.6 Å². The van der Waals surface area contributed by atoms with E-state index in [1.165, 1.54) is 17.4 Å². The molecule has 0 bridgehead atoms. The molecule has 1 heterocycles. The van der Waals surface area contributed by atoms with Crippen LogP contribution in [0.1, 0.15) is 15.9 Å². The Balaban J connectivity index is 2.60. The summed E-state index contributed by atoms with van der Waals surface area (Å²) in [4.78, 5) is 12.2. The van der Waals surface area contributed by atoms with Gasteiger partial charge in [-0.1, -0.05) is 18.3 Å². The minimum Gasteiger partial charge on any atom is -0.478 e. The lowest BCUT2D eigenvalue weighted by Gasteiger charge is -2.05. The highest BCUT2D eigenvalue weighted by atomic mass is 32.1. The highest BCUT2D eigenvalue weighted by molar-refractivity contribution is 7.80. The van der Waals surface area contributed by atoms with Crippen LogP contribution in [-0.4, -0.2) is 16.1 Å². The Morgan fingerprint density at radius 1 is 1.29 bits per heavy atom. The van der Waals surface area contributed by atoms with Crippen molar-refractivity contribution in [2.45, 2.75) is 0 Å². The van der Waals surface area contributed by atoms with E-state index in [4.69, 9.17) is 23.1 Å². The van der Waals surface area contributed by atoms with Crippen molar-refractivity contribution in [2.24, 2.45) is 5.73 Å². The number of thiophene rings is 1. The summed E-state index contributed by atoms with van der Waals surface area (Å²) < 4.78 is 0. The fourth-order valence-corrected chi connectivity index (χ4v) is 2.31. The zero-order valence-electron chi connectivity index (χ0n) is 8.71. The summed E-state index contributed by atoms with van der Waals surface area (Å²) in [5.41, 5.74) is 7.13. The number of carbonyl (C=O) groups is 1. The normalized spacial score (nSPS) is 10.1. The molecule has 0 saturated heterocycles. The second kappa shape index (κ2) is 4.65. The minimum absolute atomic E-state index is 0.193. The van der Waals surface area contributed by atoms with E-state index in [2.05, 4.69) is 0 Å². The fourth-order valence-electron chi connectivity index (χ4n) is 1.48. The van der Waals surface area contributed by atoms with E-state index in [1.807, 2.05) is 17.5 Å². The number of nitrogens with two attached hydrogens (primary N) is 1. The first-order valence-corrected chi connectivity index (χ1v) is 6.09. The predicted octanol–water partition coefficient (Wildman–Crippen LogP) is 2.75. The molecule has 0 fully saturated rings. The van der Waals surface area contributed by atoms with Crippen molar-refractivity contribution in [3.8, 4) is 10.4 Å². The maximum absolute atomic E-state index is 11.0. The van der Waals surface area contributed by atoms with Gasteiger partial charge in [-0.15, -0.1) is 11.3 Å². The Morgan fingerprint density at radius 3 is 2.53 bits per heavy atom. The zero-order chi connectivity index (χ0) is 12.4. The molecule has 0 saturated carbocycles. The third-order valence-corrected chi connectivity index (χ3v) is 3.42. The molecule has 3 nitrogen and oxygen atoms in total. The second-order valence-electron chi connectivity index (χ2n) is 3.45. The monoisotopic (exact) mass is 263 g/mol. The maximum atomic E-state index is 11.0. The van der Waals surface area contributed by atoms with Crippen molar-refractivity contribution >= 4 is 34.5 Å². The van der Waals surface area contributed by atoms with E-state index in [0.717, 1.165) is 10.4 Å². The number of carboxylic acids is 1. The molecule has 0 unspecified atom stereocenters. The fraction of sp³-hybridized carbons (Fsp3) is 0. The van der Waals surface area contributed by atoms with Gasteiger partial charge in [0.25, 0.3) is 0 Å². The Hall–Kier alpha value is -1.72. The number of benzene rings is 1. The standard InChI is InChI=1S/C12H9NO2S2/c13-11(16)8-4-7(10-2-1-3-17-10)5-9(6-8)12(14)15/h1-6H,(H2,13,16)(H,14,15). The van der Waals surface area contributed by atoms with Gasteiger partial charge in [-0.05, 0) is 35.2 Å². The molecular formula is C12H9NO2S2. The summed E-state index contributed by atoms with van der Waals surface area (Å²) in [6.45, 7) is 0. The van der Waals surface area contributed by atoms with Crippen molar-refractivity contribution in [1.29, 1.82) is 0 Å². The Bertz CT molecular complexity index is 544. The average Bonchev–Trinajstić information content (AvgIpc) is 2.81. The lowest BCUT2D eigenvalue weighted by atomic mass is 10.0. The van der Waals surface area contributed by atoms with Crippen molar-refractivity contribution in [2.75, 3.05) is 0 Å². The third-order valence-electron chi connectivity index (χ3n) is 2.27. The molecule has 3 N–H and O–H groups in total. The quantitative estimate of drug-likeness (QED) is 0.836. The Kier molecular flexibility index (Phi) is 3.21. The third kappa shape index (κ3) is 2.51. The minimum atomic E-state index is -0.985. The van der Waals surface area contributed by atoms with Gasteiger partial charge in [-0.2, -0.15) is 0 Å². The molecule has 0 spiro atoms. The number of hydrogen-bond acceptors (Lipinski definition) is 3. The van der Waals surface area contributed by atoms with Crippen LogP contribution in [0.25, 0.3) is 10.4 Å². The van der Waals surface area contributed by atoms with E-state index in [0.29, 0.717) is 5.56 Å². The van der Waals surface area contributed by atoms with E-state index in [9.17, 15) is 4.79 Å². The molecule has 0 atom stereocenters. The molecule has 0 aliphatic heterocycles. The van der Waals surface area contributed by atoms with Gasteiger partial charge in [-0.25, -0.2) is 4.79 Å². The number of hydrogen-bond donors (Lipinski definition) is 2. The number of thiocarbonyl (C=S) groups is 1. The molecule has 5 heteroatoms. The lowest BCUT2D eigenvalue weighted by Crippen LogP contribution is -2.11. The summed E-state index contributed by atoms with van der Waals surface area (Å²) in [5.74, 6) is -0.985. The number of carboxylic acid groups (broad SMARTS) is 1. The molecule has 0 amide bonds. The van der Waals surface area contributed by atoms with Gasteiger partial charge >= 0.3 is 5.97 Å². The Morgan fingerprint density at radius 2 is 2.00 bits per heavy atom. The molecule has 1 aromatic heterocycles. The molecular weight excluding hydrogens is 254 g/mol. The molecule has 0 aliphatic carbocycles. The molecule has 2 rings (SSSR count). The highest BCUT2D eigenvalue weighted by Crippen LogP contribution is 2.26. The van der Waals surface area contributed by atoms with E-state index < -0.39 is 5.97 Å². The topological polar surface area (TPSA) is 63.3 Å². The van der Waals surface area contributed by atoms with Crippen LogP contribution in [0.3, 0.4) is 0 Å². The lowest BCUT2D eigenvalue weighted by molar-refractivity contribution is 0.0697. The largest absolute Gasteiger partial charge is 0.478 e. The van der Waals surface area contributed by atoms with Crippen molar-refractivity contribution in [1.82, 2.24) is 0 Å². The molecule has 2 aromatic rings. The van der Waals surface area contributed by atoms with E-state index in [1.54, 1.807) is 12.1 Å². The van der Waals surface area contributed by atoms with Crippen LogP contribution in [0.2, 0.25) is 0 Å². The SMILES string of the molecule is NC(=S)c1cc(C(=O)O)cc(-c2cccs2)c1. The van der Waals surface area contributed by atoms with Crippen molar-refractivity contribution in [3.05, 3.63) is 46.8 Å². The highest BCUT2D eigenvalue weighted by Gasteiger charge is 2.10. The van der Waals surface area contributed by atoms with Gasteiger partial charge < -0.3 is 10.8 Å². The van der Waals surface area contributed by atoms with Gasteiger partial charge in [0.05, 0.1) is 5.56 Å². The molecule has 86 valence electrons. The summed E-state index contributed by atoms with van der Waals surface area (Å²) in [6.07, 6.45) is 0.